The van der Waals surface area contributed by atoms with E-state index in [1.807, 2.05) is 54.3 Å². The standard InChI is InChI=1S/C21H20N2O2/c1-15-17(19-8-2-3-11-22-19)6-4-7-18(15)21(24)23-12-5-9-20-16(14-23)10-13-25-20/h2-4,6-8,10-11,13H,5,9,12,14H2,1H3. The van der Waals surface area contributed by atoms with Gasteiger partial charge in [0, 0.05) is 42.4 Å². The second-order valence-corrected chi connectivity index (χ2v) is 6.39. The molecule has 3 heterocycles. The maximum atomic E-state index is 13.2. The number of nitrogens with zero attached hydrogens (tertiary/aromatic N) is 2. The molecule has 0 saturated carbocycles. The lowest BCUT2D eigenvalue weighted by molar-refractivity contribution is 0.0745. The highest BCUT2D eigenvalue weighted by Gasteiger charge is 2.23. The summed E-state index contributed by atoms with van der Waals surface area (Å²) in [6, 6.07) is 13.7. The molecule has 0 fully saturated rings. The Balaban J connectivity index is 1.67. The largest absolute Gasteiger partial charge is 0.469 e. The summed E-state index contributed by atoms with van der Waals surface area (Å²) in [6.07, 6.45) is 5.30. The smallest absolute Gasteiger partial charge is 0.254 e. The third-order valence-electron chi connectivity index (χ3n) is 4.82. The van der Waals surface area contributed by atoms with Crippen molar-refractivity contribution in [3.05, 3.63) is 77.4 Å². The lowest BCUT2D eigenvalue weighted by Gasteiger charge is -2.22. The van der Waals surface area contributed by atoms with E-state index < -0.39 is 0 Å². The van der Waals surface area contributed by atoms with Gasteiger partial charge in [0.1, 0.15) is 5.76 Å². The number of benzene rings is 1. The van der Waals surface area contributed by atoms with Crippen LogP contribution >= 0.6 is 0 Å². The van der Waals surface area contributed by atoms with Crippen LogP contribution in [0.1, 0.15) is 33.7 Å². The lowest BCUT2D eigenvalue weighted by atomic mass is 9.98. The van der Waals surface area contributed by atoms with Crippen LogP contribution in [-0.2, 0) is 13.0 Å². The quantitative estimate of drug-likeness (QED) is 0.705. The van der Waals surface area contributed by atoms with E-state index in [4.69, 9.17) is 4.42 Å². The van der Waals surface area contributed by atoms with Gasteiger partial charge in [-0.15, -0.1) is 0 Å². The first-order valence-electron chi connectivity index (χ1n) is 8.59. The van der Waals surface area contributed by atoms with Crippen LogP contribution in [0.2, 0.25) is 0 Å². The average molecular weight is 332 g/mol. The van der Waals surface area contributed by atoms with E-state index in [2.05, 4.69) is 4.98 Å². The molecule has 0 radical (unpaired) electrons. The van der Waals surface area contributed by atoms with Crippen LogP contribution in [0.3, 0.4) is 0 Å². The van der Waals surface area contributed by atoms with Gasteiger partial charge >= 0.3 is 0 Å². The molecule has 0 spiro atoms. The molecule has 0 saturated heterocycles. The molecule has 4 rings (SSSR count). The van der Waals surface area contributed by atoms with Crippen molar-refractivity contribution in [1.29, 1.82) is 0 Å². The number of carbonyl (C=O) groups is 1. The number of pyridine rings is 1. The maximum Gasteiger partial charge on any atom is 0.254 e. The zero-order valence-electron chi connectivity index (χ0n) is 14.2. The van der Waals surface area contributed by atoms with Crippen molar-refractivity contribution in [3.63, 3.8) is 0 Å². The van der Waals surface area contributed by atoms with E-state index in [0.717, 1.165) is 53.1 Å². The van der Waals surface area contributed by atoms with Gasteiger partial charge in [-0.05, 0) is 43.2 Å². The molecule has 0 bridgehead atoms. The van der Waals surface area contributed by atoms with Gasteiger partial charge in [0.05, 0.1) is 12.0 Å². The first-order valence-corrected chi connectivity index (χ1v) is 8.59. The van der Waals surface area contributed by atoms with Gasteiger partial charge in [-0.2, -0.15) is 0 Å². The van der Waals surface area contributed by atoms with E-state index in [0.29, 0.717) is 6.54 Å². The Morgan fingerprint density at radius 2 is 2.08 bits per heavy atom. The van der Waals surface area contributed by atoms with E-state index in [1.165, 1.54) is 0 Å². The number of aromatic nitrogens is 1. The number of furan rings is 1. The molecule has 0 unspecified atom stereocenters. The Morgan fingerprint density at radius 3 is 2.92 bits per heavy atom. The summed E-state index contributed by atoms with van der Waals surface area (Å²) in [7, 11) is 0. The average Bonchev–Trinajstić information content (AvgIpc) is 2.99. The predicted octanol–water partition coefficient (Wildman–Crippen LogP) is 4.24. The predicted molar refractivity (Wildman–Crippen MR) is 96.2 cm³/mol. The summed E-state index contributed by atoms with van der Waals surface area (Å²) >= 11 is 0. The van der Waals surface area contributed by atoms with Gasteiger partial charge in [0.25, 0.3) is 5.91 Å². The molecule has 0 atom stereocenters. The normalized spacial score (nSPS) is 14.0. The molecule has 2 aromatic heterocycles. The highest BCUT2D eigenvalue weighted by Crippen LogP contribution is 2.26. The molecular formula is C21H20N2O2. The van der Waals surface area contributed by atoms with Crippen molar-refractivity contribution in [2.75, 3.05) is 6.54 Å². The van der Waals surface area contributed by atoms with Gasteiger partial charge in [0.15, 0.2) is 0 Å². The molecule has 4 heteroatoms. The summed E-state index contributed by atoms with van der Waals surface area (Å²) in [5.41, 5.74) is 4.73. The highest BCUT2D eigenvalue weighted by atomic mass is 16.3. The number of rotatable bonds is 2. The molecule has 1 amide bonds. The van der Waals surface area contributed by atoms with Crippen molar-refractivity contribution in [2.45, 2.75) is 26.3 Å². The first-order chi connectivity index (χ1) is 12.2. The third-order valence-corrected chi connectivity index (χ3v) is 4.82. The molecule has 1 aromatic carbocycles. The van der Waals surface area contributed by atoms with E-state index in [1.54, 1.807) is 12.5 Å². The molecule has 3 aromatic rings. The van der Waals surface area contributed by atoms with E-state index in [9.17, 15) is 4.79 Å². The zero-order valence-corrected chi connectivity index (χ0v) is 14.2. The van der Waals surface area contributed by atoms with Crippen LogP contribution in [0.25, 0.3) is 11.3 Å². The molecule has 4 nitrogen and oxygen atoms in total. The van der Waals surface area contributed by atoms with Crippen molar-refractivity contribution < 1.29 is 9.21 Å². The Hall–Kier alpha value is -2.88. The highest BCUT2D eigenvalue weighted by molar-refractivity contribution is 5.97. The number of carbonyl (C=O) groups excluding carboxylic acids is 1. The second kappa shape index (κ2) is 6.55. The molecule has 25 heavy (non-hydrogen) atoms. The second-order valence-electron chi connectivity index (χ2n) is 6.39. The van der Waals surface area contributed by atoms with Gasteiger partial charge in [-0.3, -0.25) is 9.78 Å². The van der Waals surface area contributed by atoms with Crippen LogP contribution in [-0.4, -0.2) is 22.3 Å². The summed E-state index contributed by atoms with van der Waals surface area (Å²) < 4.78 is 5.52. The van der Waals surface area contributed by atoms with Crippen molar-refractivity contribution >= 4 is 5.91 Å². The first kappa shape index (κ1) is 15.6. The SMILES string of the molecule is Cc1c(C(=O)N2CCCc3occc3C2)cccc1-c1ccccn1. The Kier molecular flexibility index (Phi) is 4.10. The molecule has 126 valence electrons. The summed E-state index contributed by atoms with van der Waals surface area (Å²) in [5.74, 6) is 1.08. The van der Waals surface area contributed by atoms with Crippen molar-refractivity contribution in [2.24, 2.45) is 0 Å². The number of amides is 1. The maximum absolute atomic E-state index is 13.2. The topological polar surface area (TPSA) is 46.3 Å². The zero-order chi connectivity index (χ0) is 17.2. The Labute approximate surface area is 147 Å². The minimum atomic E-state index is 0.0735. The summed E-state index contributed by atoms with van der Waals surface area (Å²) in [5, 5.41) is 0. The minimum Gasteiger partial charge on any atom is -0.469 e. The van der Waals surface area contributed by atoms with Gasteiger partial charge < -0.3 is 9.32 Å². The van der Waals surface area contributed by atoms with Gasteiger partial charge in [-0.1, -0.05) is 18.2 Å². The molecule has 0 N–H and O–H groups in total. The molecule has 1 aliphatic rings. The lowest BCUT2D eigenvalue weighted by Crippen LogP contribution is -2.31. The number of hydrogen-bond donors (Lipinski definition) is 0. The van der Waals surface area contributed by atoms with Crippen LogP contribution in [0, 0.1) is 6.92 Å². The fraction of sp³-hybridized carbons (Fsp3) is 0.238. The minimum absolute atomic E-state index is 0.0735. The number of hydrogen-bond acceptors (Lipinski definition) is 3. The van der Waals surface area contributed by atoms with Crippen molar-refractivity contribution in [3.8, 4) is 11.3 Å². The van der Waals surface area contributed by atoms with Crippen molar-refractivity contribution in [1.82, 2.24) is 9.88 Å². The number of aryl methyl sites for hydroxylation is 1. The van der Waals surface area contributed by atoms with Crippen LogP contribution in [0.5, 0.6) is 0 Å². The van der Waals surface area contributed by atoms with Gasteiger partial charge in [0.2, 0.25) is 0 Å². The molecule has 1 aliphatic heterocycles. The summed E-state index contributed by atoms with van der Waals surface area (Å²) in [4.78, 5) is 19.5. The van der Waals surface area contributed by atoms with E-state index >= 15 is 0 Å². The van der Waals surface area contributed by atoms with Crippen LogP contribution in [0.4, 0.5) is 0 Å². The molecule has 0 aliphatic carbocycles. The van der Waals surface area contributed by atoms with Crippen LogP contribution in [0.15, 0.2) is 59.3 Å². The fourth-order valence-corrected chi connectivity index (χ4v) is 3.45. The monoisotopic (exact) mass is 332 g/mol. The third kappa shape index (κ3) is 2.95. The Morgan fingerprint density at radius 1 is 1.16 bits per heavy atom. The molecular weight excluding hydrogens is 312 g/mol. The van der Waals surface area contributed by atoms with Gasteiger partial charge in [-0.25, -0.2) is 0 Å². The fourth-order valence-electron chi connectivity index (χ4n) is 3.45. The van der Waals surface area contributed by atoms with Crippen LogP contribution < -0.4 is 0 Å². The number of fused-ring (bicyclic) bond motifs is 1. The van der Waals surface area contributed by atoms with E-state index in [-0.39, 0.29) is 5.91 Å². The Bertz CT molecular complexity index is 899. The summed E-state index contributed by atoms with van der Waals surface area (Å²) in [6.45, 7) is 3.35.